The Labute approximate surface area is 238 Å². The average Bonchev–Trinajstić information content (AvgIpc) is 3.45. The van der Waals surface area contributed by atoms with Crippen molar-refractivity contribution in [2.45, 2.75) is 97.5 Å². The zero-order chi connectivity index (χ0) is 27.7. The normalized spacial score (nSPS) is 11.9. The fraction of sp³-hybridized carbons (Fsp3) is 0.531. The van der Waals surface area contributed by atoms with Gasteiger partial charge in [-0.1, -0.05) is 83.0 Å². The van der Waals surface area contributed by atoms with Gasteiger partial charge < -0.3 is 14.2 Å². The third-order valence-corrected chi connectivity index (χ3v) is 7.58. The predicted molar refractivity (Wildman–Crippen MR) is 159 cm³/mol. The molecule has 1 aromatic heterocycles. The van der Waals surface area contributed by atoms with Gasteiger partial charge in [0.2, 0.25) is 0 Å². The van der Waals surface area contributed by atoms with Crippen LogP contribution in [0.4, 0.5) is 0 Å². The van der Waals surface area contributed by atoms with Crippen molar-refractivity contribution in [3.63, 3.8) is 0 Å². The third-order valence-electron chi connectivity index (χ3n) is 6.56. The van der Waals surface area contributed by atoms with Gasteiger partial charge in [-0.25, -0.2) is 4.79 Å². The molecular formula is C32H44N2O4S. The Morgan fingerprint density at radius 2 is 1.18 bits per heavy atom. The number of carbonyl (C=O) groups is 1. The second-order valence-electron chi connectivity index (χ2n) is 9.93. The largest absolute Gasteiger partial charge is 0.494 e. The molecule has 2 aromatic carbocycles. The number of hydrogen-bond donors (Lipinski definition) is 0. The lowest BCUT2D eigenvalue weighted by Crippen LogP contribution is -2.26. The molecule has 1 unspecified atom stereocenters. The molecule has 0 aliphatic carbocycles. The van der Waals surface area contributed by atoms with E-state index in [4.69, 9.17) is 14.2 Å². The van der Waals surface area contributed by atoms with Crippen molar-refractivity contribution in [1.29, 1.82) is 0 Å². The first kappa shape index (κ1) is 30.8. The Morgan fingerprint density at radius 3 is 1.74 bits per heavy atom. The van der Waals surface area contributed by atoms with E-state index in [2.05, 4.69) is 24.0 Å². The molecule has 0 aliphatic heterocycles. The highest BCUT2D eigenvalue weighted by atomic mass is 32.1. The first-order valence-electron chi connectivity index (χ1n) is 14.6. The molecule has 0 amide bonds. The lowest BCUT2D eigenvalue weighted by molar-refractivity contribution is -0.146. The van der Waals surface area contributed by atoms with Gasteiger partial charge in [0.25, 0.3) is 0 Å². The number of carbonyl (C=O) groups excluding carboxylic acids is 1. The molecular weight excluding hydrogens is 508 g/mol. The molecule has 6 nitrogen and oxygen atoms in total. The number of ether oxygens (including phenoxy) is 3. The summed E-state index contributed by atoms with van der Waals surface area (Å²) >= 11 is 1.53. The SMILES string of the molecule is CCCCCCCCOc1ccc(-c2nnc(-c3ccc(OC(=O)C(C)OCCCCCCC)cc3)s2)cc1. The molecule has 0 bridgehead atoms. The summed E-state index contributed by atoms with van der Waals surface area (Å²) in [5, 5.41) is 10.4. The number of hydrogen-bond acceptors (Lipinski definition) is 7. The molecule has 212 valence electrons. The number of aromatic nitrogens is 2. The van der Waals surface area contributed by atoms with E-state index < -0.39 is 6.10 Å². The Hall–Kier alpha value is -2.77. The van der Waals surface area contributed by atoms with Crippen LogP contribution in [0, 0.1) is 0 Å². The van der Waals surface area contributed by atoms with Crippen molar-refractivity contribution < 1.29 is 19.0 Å². The Morgan fingerprint density at radius 1 is 0.692 bits per heavy atom. The highest BCUT2D eigenvalue weighted by molar-refractivity contribution is 7.17. The summed E-state index contributed by atoms with van der Waals surface area (Å²) in [4.78, 5) is 12.4. The molecule has 0 aliphatic rings. The van der Waals surface area contributed by atoms with Gasteiger partial charge in [0, 0.05) is 17.7 Å². The summed E-state index contributed by atoms with van der Waals surface area (Å²) in [5.74, 6) is 0.992. The van der Waals surface area contributed by atoms with E-state index in [1.807, 2.05) is 36.4 Å². The maximum absolute atomic E-state index is 12.4. The molecule has 7 heteroatoms. The van der Waals surface area contributed by atoms with Crippen LogP contribution in [0.1, 0.15) is 91.4 Å². The van der Waals surface area contributed by atoms with Gasteiger partial charge in [0.05, 0.1) is 6.61 Å². The number of rotatable bonds is 19. The van der Waals surface area contributed by atoms with Crippen LogP contribution < -0.4 is 9.47 Å². The monoisotopic (exact) mass is 552 g/mol. The van der Waals surface area contributed by atoms with Gasteiger partial charge in [-0.05, 0) is 68.3 Å². The maximum Gasteiger partial charge on any atom is 0.340 e. The molecule has 3 rings (SSSR count). The van der Waals surface area contributed by atoms with Crippen molar-refractivity contribution in [2.75, 3.05) is 13.2 Å². The second kappa shape index (κ2) is 17.7. The molecule has 3 aromatic rings. The first-order valence-corrected chi connectivity index (χ1v) is 15.4. The molecule has 0 N–H and O–H groups in total. The van der Waals surface area contributed by atoms with E-state index in [0.717, 1.165) is 52.8 Å². The fourth-order valence-electron chi connectivity index (χ4n) is 4.12. The van der Waals surface area contributed by atoms with Gasteiger partial charge in [0.1, 0.15) is 21.5 Å². The van der Waals surface area contributed by atoms with Crippen LogP contribution in [0.3, 0.4) is 0 Å². The average molecular weight is 553 g/mol. The second-order valence-corrected chi connectivity index (χ2v) is 10.9. The number of nitrogens with zero attached hydrogens (tertiary/aromatic N) is 2. The fourth-order valence-corrected chi connectivity index (χ4v) is 4.98. The maximum atomic E-state index is 12.4. The topological polar surface area (TPSA) is 70.5 Å². The van der Waals surface area contributed by atoms with Crippen molar-refractivity contribution in [1.82, 2.24) is 10.2 Å². The molecule has 0 saturated heterocycles. The summed E-state index contributed by atoms with van der Waals surface area (Å²) in [6.07, 6.45) is 12.7. The minimum absolute atomic E-state index is 0.381. The summed E-state index contributed by atoms with van der Waals surface area (Å²) in [5.41, 5.74) is 1.93. The number of esters is 1. The van der Waals surface area contributed by atoms with Crippen LogP contribution in [-0.2, 0) is 9.53 Å². The van der Waals surface area contributed by atoms with Crippen LogP contribution in [0.25, 0.3) is 21.1 Å². The molecule has 0 fully saturated rings. The summed E-state index contributed by atoms with van der Waals surface area (Å²) in [7, 11) is 0. The van der Waals surface area contributed by atoms with Crippen molar-refractivity contribution >= 4 is 17.3 Å². The highest BCUT2D eigenvalue weighted by Crippen LogP contribution is 2.31. The smallest absolute Gasteiger partial charge is 0.340 e. The van der Waals surface area contributed by atoms with Crippen molar-refractivity contribution in [2.24, 2.45) is 0 Å². The van der Waals surface area contributed by atoms with E-state index in [9.17, 15) is 4.79 Å². The molecule has 1 heterocycles. The van der Waals surface area contributed by atoms with Crippen molar-refractivity contribution in [3.05, 3.63) is 48.5 Å². The van der Waals surface area contributed by atoms with Crippen molar-refractivity contribution in [3.8, 4) is 32.6 Å². The van der Waals surface area contributed by atoms with Gasteiger partial charge in [-0.3, -0.25) is 0 Å². The standard InChI is InChI=1S/C32H44N2O4S/c1-4-6-8-10-12-14-24-37-28-19-15-26(16-20-28)30-33-34-31(39-30)27-17-21-29(22-18-27)38-32(35)25(3)36-23-13-11-9-7-5-2/h15-22,25H,4-14,23-24H2,1-3H3. The minimum atomic E-state index is -0.589. The van der Waals surface area contributed by atoms with Gasteiger partial charge in [-0.15, -0.1) is 10.2 Å². The molecule has 39 heavy (non-hydrogen) atoms. The van der Waals surface area contributed by atoms with E-state index in [1.54, 1.807) is 19.1 Å². The Bertz CT molecular complexity index is 1080. The predicted octanol–water partition coefficient (Wildman–Crippen LogP) is 8.89. The Kier molecular flexibility index (Phi) is 14.0. The van der Waals surface area contributed by atoms with Crippen LogP contribution in [-0.4, -0.2) is 35.5 Å². The summed E-state index contributed by atoms with van der Waals surface area (Å²) < 4.78 is 17.0. The quantitative estimate of drug-likeness (QED) is 0.0840. The lowest BCUT2D eigenvalue weighted by atomic mass is 10.1. The minimum Gasteiger partial charge on any atom is -0.494 e. The van der Waals surface area contributed by atoms with Crippen LogP contribution in [0.15, 0.2) is 48.5 Å². The van der Waals surface area contributed by atoms with Crippen LogP contribution in [0.5, 0.6) is 11.5 Å². The van der Waals surface area contributed by atoms with E-state index in [-0.39, 0.29) is 5.97 Å². The van der Waals surface area contributed by atoms with Crippen LogP contribution in [0.2, 0.25) is 0 Å². The van der Waals surface area contributed by atoms with E-state index in [0.29, 0.717) is 12.4 Å². The molecule has 1 atom stereocenters. The molecule has 0 spiro atoms. The zero-order valence-electron chi connectivity index (χ0n) is 23.8. The molecule has 0 radical (unpaired) electrons. The third kappa shape index (κ3) is 11.1. The summed E-state index contributed by atoms with van der Waals surface area (Å²) in [6.45, 7) is 7.50. The van der Waals surface area contributed by atoms with E-state index in [1.165, 1.54) is 62.7 Å². The van der Waals surface area contributed by atoms with Gasteiger partial charge in [0.15, 0.2) is 6.10 Å². The summed E-state index contributed by atoms with van der Waals surface area (Å²) in [6, 6.07) is 15.4. The Balaban J connectivity index is 1.43. The first-order chi connectivity index (χ1) is 19.1. The van der Waals surface area contributed by atoms with Gasteiger partial charge >= 0.3 is 5.97 Å². The molecule has 0 saturated carbocycles. The highest BCUT2D eigenvalue weighted by Gasteiger charge is 2.16. The van der Waals surface area contributed by atoms with Crippen LogP contribution >= 0.6 is 11.3 Å². The van der Waals surface area contributed by atoms with Gasteiger partial charge in [-0.2, -0.15) is 0 Å². The van der Waals surface area contributed by atoms with E-state index >= 15 is 0 Å². The zero-order valence-corrected chi connectivity index (χ0v) is 24.6. The number of unbranched alkanes of at least 4 members (excludes halogenated alkanes) is 9. The number of benzene rings is 2. The lowest BCUT2D eigenvalue weighted by Gasteiger charge is -2.12.